The number of esters is 1. The minimum absolute atomic E-state index is 0.0858. The van der Waals surface area contributed by atoms with E-state index in [2.05, 4.69) is 10.3 Å². The van der Waals surface area contributed by atoms with Gasteiger partial charge in [0.2, 0.25) is 0 Å². The SMILES string of the molecule is Cc1ccc(-c2c(C(=O)OC(C)C(=O)Nc3nc4ccc(C)cc4s3)n(C)c(=O)c3ccccc23)cc1. The fraction of sp³-hybridized carbons (Fsp3) is 0.172. The first-order valence-corrected chi connectivity index (χ1v) is 12.6. The molecule has 0 aliphatic rings. The lowest BCUT2D eigenvalue weighted by Crippen LogP contribution is -2.32. The molecule has 0 saturated carbocycles. The van der Waals surface area contributed by atoms with Crippen molar-refractivity contribution in [2.75, 3.05) is 5.32 Å². The Labute approximate surface area is 217 Å². The van der Waals surface area contributed by atoms with Crippen molar-refractivity contribution in [1.82, 2.24) is 9.55 Å². The number of fused-ring (bicyclic) bond motifs is 2. The number of anilines is 1. The molecule has 7 nitrogen and oxygen atoms in total. The summed E-state index contributed by atoms with van der Waals surface area (Å²) < 4.78 is 7.85. The van der Waals surface area contributed by atoms with Gasteiger partial charge in [-0.2, -0.15) is 0 Å². The average Bonchev–Trinajstić information content (AvgIpc) is 3.27. The van der Waals surface area contributed by atoms with Crippen LogP contribution < -0.4 is 10.9 Å². The van der Waals surface area contributed by atoms with E-state index in [1.54, 1.807) is 12.1 Å². The van der Waals surface area contributed by atoms with Crippen molar-refractivity contribution < 1.29 is 14.3 Å². The third kappa shape index (κ3) is 4.63. The van der Waals surface area contributed by atoms with E-state index in [1.807, 2.05) is 68.4 Å². The van der Waals surface area contributed by atoms with Crippen molar-refractivity contribution in [1.29, 1.82) is 0 Å². The summed E-state index contributed by atoms with van der Waals surface area (Å²) in [6.07, 6.45) is -1.12. The molecule has 0 radical (unpaired) electrons. The molecular formula is C29H25N3O4S. The van der Waals surface area contributed by atoms with E-state index in [-0.39, 0.29) is 11.3 Å². The molecule has 186 valence electrons. The van der Waals surface area contributed by atoms with Gasteiger partial charge in [0.15, 0.2) is 11.2 Å². The Balaban J connectivity index is 1.48. The second-order valence-electron chi connectivity index (χ2n) is 9.03. The van der Waals surface area contributed by atoms with Crippen molar-refractivity contribution in [2.45, 2.75) is 26.9 Å². The highest BCUT2D eigenvalue weighted by atomic mass is 32.1. The third-order valence-corrected chi connectivity index (χ3v) is 7.20. The van der Waals surface area contributed by atoms with Crippen LogP contribution in [0, 0.1) is 13.8 Å². The molecule has 3 aromatic carbocycles. The molecule has 0 saturated heterocycles. The summed E-state index contributed by atoms with van der Waals surface area (Å²) in [5.41, 5.74) is 4.06. The maximum Gasteiger partial charge on any atom is 0.356 e. The lowest BCUT2D eigenvalue weighted by atomic mass is 9.96. The number of nitrogens with zero attached hydrogens (tertiary/aromatic N) is 2. The van der Waals surface area contributed by atoms with Gasteiger partial charge in [0.25, 0.3) is 11.5 Å². The van der Waals surface area contributed by atoms with E-state index in [0.717, 1.165) is 26.9 Å². The molecule has 1 amide bonds. The minimum Gasteiger partial charge on any atom is -0.448 e. The zero-order chi connectivity index (χ0) is 26.3. The van der Waals surface area contributed by atoms with E-state index >= 15 is 0 Å². The van der Waals surface area contributed by atoms with Crippen LogP contribution in [-0.4, -0.2) is 27.5 Å². The maximum absolute atomic E-state index is 13.5. The number of aryl methyl sites for hydroxylation is 2. The van der Waals surface area contributed by atoms with Gasteiger partial charge < -0.3 is 9.30 Å². The van der Waals surface area contributed by atoms with Crippen LogP contribution in [0.25, 0.3) is 32.1 Å². The molecule has 0 bridgehead atoms. The van der Waals surface area contributed by atoms with Crippen molar-refractivity contribution in [3.05, 3.63) is 93.9 Å². The largest absolute Gasteiger partial charge is 0.448 e. The monoisotopic (exact) mass is 511 g/mol. The van der Waals surface area contributed by atoms with Gasteiger partial charge in [0, 0.05) is 18.0 Å². The van der Waals surface area contributed by atoms with Crippen LogP contribution in [0.2, 0.25) is 0 Å². The Bertz CT molecular complexity index is 1730. The van der Waals surface area contributed by atoms with E-state index in [9.17, 15) is 14.4 Å². The van der Waals surface area contributed by atoms with Crippen LogP contribution in [0.1, 0.15) is 28.5 Å². The van der Waals surface area contributed by atoms with E-state index in [1.165, 1.54) is 29.9 Å². The number of pyridine rings is 1. The van der Waals surface area contributed by atoms with Gasteiger partial charge >= 0.3 is 5.97 Å². The molecule has 8 heteroatoms. The molecule has 37 heavy (non-hydrogen) atoms. The predicted molar refractivity (Wildman–Crippen MR) is 147 cm³/mol. The Morgan fingerprint density at radius 3 is 2.38 bits per heavy atom. The molecule has 1 atom stereocenters. The smallest absolute Gasteiger partial charge is 0.356 e. The molecule has 0 spiro atoms. The average molecular weight is 512 g/mol. The van der Waals surface area contributed by atoms with Crippen LogP contribution in [0.15, 0.2) is 71.5 Å². The maximum atomic E-state index is 13.5. The normalized spacial score (nSPS) is 12.0. The van der Waals surface area contributed by atoms with Crippen LogP contribution in [0.3, 0.4) is 0 Å². The lowest BCUT2D eigenvalue weighted by molar-refractivity contribution is -0.123. The number of hydrogen-bond acceptors (Lipinski definition) is 6. The second-order valence-corrected chi connectivity index (χ2v) is 10.1. The van der Waals surface area contributed by atoms with Crippen LogP contribution in [-0.2, 0) is 16.6 Å². The van der Waals surface area contributed by atoms with Crippen molar-refractivity contribution in [2.24, 2.45) is 7.05 Å². The minimum atomic E-state index is -1.12. The molecule has 1 unspecified atom stereocenters. The molecule has 2 heterocycles. The topological polar surface area (TPSA) is 90.3 Å². The number of nitrogens with one attached hydrogen (secondary N) is 1. The summed E-state index contributed by atoms with van der Waals surface area (Å²) in [5.74, 6) is -1.27. The molecule has 0 aliphatic carbocycles. The standard InChI is InChI=1S/C29H25N3O4S/c1-16-9-12-19(13-10-16)24-20-7-5-6-8-21(20)27(34)32(4)25(24)28(35)36-18(3)26(33)31-29-30-22-14-11-17(2)15-23(22)37-29/h5-15,18H,1-4H3,(H,30,31,33). The predicted octanol–water partition coefficient (Wildman–Crippen LogP) is 5.62. The summed E-state index contributed by atoms with van der Waals surface area (Å²) in [5, 5.41) is 4.30. The second kappa shape index (κ2) is 9.63. The molecule has 1 N–H and O–H groups in total. The van der Waals surface area contributed by atoms with Crippen LogP contribution in [0.5, 0.6) is 0 Å². The number of carbonyl (C=O) groups excluding carboxylic acids is 2. The zero-order valence-corrected chi connectivity index (χ0v) is 21.7. The number of thiazole rings is 1. The van der Waals surface area contributed by atoms with Crippen molar-refractivity contribution >= 4 is 49.3 Å². The number of carbonyl (C=O) groups is 2. The number of amides is 1. The highest BCUT2D eigenvalue weighted by molar-refractivity contribution is 7.22. The zero-order valence-electron chi connectivity index (χ0n) is 20.9. The highest BCUT2D eigenvalue weighted by Crippen LogP contribution is 2.32. The summed E-state index contributed by atoms with van der Waals surface area (Å²) in [4.78, 5) is 43.9. The van der Waals surface area contributed by atoms with Gasteiger partial charge in [-0.25, -0.2) is 9.78 Å². The first-order chi connectivity index (χ1) is 17.7. The van der Waals surface area contributed by atoms with E-state index in [4.69, 9.17) is 4.74 Å². The number of benzene rings is 3. The number of aromatic nitrogens is 2. The molecule has 0 aliphatic heterocycles. The van der Waals surface area contributed by atoms with Crippen LogP contribution >= 0.6 is 11.3 Å². The summed E-state index contributed by atoms with van der Waals surface area (Å²) in [7, 11) is 1.54. The number of rotatable bonds is 5. The first-order valence-electron chi connectivity index (χ1n) is 11.8. The Hall–Kier alpha value is -4.30. The van der Waals surface area contributed by atoms with Gasteiger partial charge in [-0.05, 0) is 55.5 Å². The number of hydrogen-bond donors (Lipinski definition) is 1. The summed E-state index contributed by atoms with van der Waals surface area (Å²) >= 11 is 1.35. The van der Waals surface area contributed by atoms with E-state index in [0.29, 0.717) is 21.5 Å². The molecular weight excluding hydrogens is 486 g/mol. The third-order valence-electron chi connectivity index (χ3n) is 6.26. The molecule has 5 aromatic rings. The Kier molecular flexibility index (Phi) is 6.35. The van der Waals surface area contributed by atoms with Gasteiger partial charge in [-0.15, -0.1) is 0 Å². The Morgan fingerprint density at radius 2 is 1.65 bits per heavy atom. The molecule has 2 aromatic heterocycles. The summed E-state index contributed by atoms with van der Waals surface area (Å²) in [6, 6.07) is 20.7. The van der Waals surface area contributed by atoms with Gasteiger partial charge in [-0.3, -0.25) is 14.9 Å². The fourth-order valence-corrected chi connectivity index (χ4v) is 5.25. The van der Waals surface area contributed by atoms with Crippen LogP contribution in [0.4, 0.5) is 5.13 Å². The van der Waals surface area contributed by atoms with E-state index < -0.39 is 18.0 Å². The number of ether oxygens (including phenoxy) is 1. The summed E-state index contributed by atoms with van der Waals surface area (Å²) in [6.45, 7) is 5.46. The first kappa shape index (κ1) is 24.4. The van der Waals surface area contributed by atoms with Crippen molar-refractivity contribution in [3.8, 4) is 11.1 Å². The van der Waals surface area contributed by atoms with Crippen molar-refractivity contribution in [3.63, 3.8) is 0 Å². The molecule has 5 rings (SSSR count). The Morgan fingerprint density at radius 1 is 0.973 bits per heavy atom. The lowest BCUT2D eigenvalue weighted by Gasteiger charge is -2.19. The fourth-order valence-electron chi connectivity index (χ4n) is 4.28. The highest BCUT2D eigenvalue weighted by Gasteiger charge is 2.26. The van der Waals surface area contributed by atoms with Gasteiger partial charge in [0.1, 0.15) is 5.69 Å². The van der Waals surface area contributed by atoms with Gasteiger partial charge in [-0.1, -0.05) is 65.4 Å². The molecule has 0 fully saturated rings. The van der Waals surface area contributed by atoms with Gasteiger partial charge in [0.05, 0.1) is 10.2 Å². The quantitative estimate of drug-likeness (QED) is 0.310.